The van der Waals surface area contributed by atoms with Gasteiger partial charge in [-0.2, -0.15) is 5.10 Å². The number of para-hydroxylation sites is 3. The van der Waals surface area contributed by atoms with Crippen LogP contribution < -0.4 is 16.0 Å². The van der Waals surface area contributed by atoms with Crippen molar-refractivity contribution in [3.8, 4) is 5.69 Å². The Morgan fingerprint density at radius 1 is 0.731 bits per heavy atom. The Labute approximate surface area is 302 Å². The van der Waals surface area contributed by atoms with Gasteiger partial charge in [0, 0.05) is 48.1 Å². The molecule has 0 fully saturated rings. The van der Waals surface area contributed by atoms with Crippen molar-refractivity contribution < 1.29 is 9.59 Å². The maximum atomic E-state index is 14.9. The fourth-order valence-electron chi connectivity index (χ4n) is 7.04. The predicted octanol–water partition coefficient (Wildman–Crippen LogP) is 8.14. The van der Waals surface area contributed by atoms with Crippen LogP contribution in [-0.4, -0.2) is 39.1 Å². The largest absolute Gasteiger partial charge is 0.381 e. The zero-order chi connectivity index (χ0) is 35.4. The number of anilines is 3. The van der Waals surface area contributed by atoms with Crippen LogP contribution in [0.25, 0.3) is 16.6 Å². The van der Waals surface area contributed by atoms with Crippen LogP contribution in [0.1, 0.15) is 37.5 Å². The van der Waals surface area contributed by atoms with Gasteiger partial charge in [0.05, 0.1) is 16.8 Å². The average Bonchev–Trinajstić information content (AvgIpc) is 3.60. The van der Waals surface area contributed by atoms with E-state index in [1.807, 2.05) is 138 Å². The van der Waals surface area contributed by atoms with E-state index in [4.69, 9.17) is 10.8 Å². The minimum Gasteiger partial charge on any atom is -0.381 e. The van der Waals surface area contributed by atoms with Crippen molar-refractivity contribution in [2.24, 2.45) is 5.73 Å². The molecule has 52 heavy (non-hydrogen) atoms. The number of nitrogens with two attached hydrogens (primary N) is 1. The van der Waals surface area contributed by atoms with Gasteiger partial charge in [-0.1, -0.05) is 109 Å². The first-order chi connectivity index (χ1) is 25.6. The zero-order valence-electron chi connectivity index (χ0n) is 28.6. The van der Waals surface area contributed by atoms with Crippen molar-refractivity contribution in [3.05, 3.63) is 186 Å². The number of fused-ring (bicyclic) bond motifs is 2. The Balaban J connectivity index is 1.25. The van der Waals surface area contributed by atoms with Crippen LogP contribution in [0.15, 0.2) is 158 Å². The van der Waals surface area contributed by atoms with Crippen LogP contribution in [0.4, 0.5) is 17.1 Å². The Morgan fingerprint density at radius 3 is 2.04 bits per heavy atom. The second-order valence-electron chi connectivity index (χ2n) is 13.0. The molecule has 1 aliphatic rings. The minimum absolute atomic E-state index is 0.147. The maximum Gasteiger partial charge on any atom is 0.283 e. The third kappa shape index (κ3) is 6.32. The van der Waals surface area contributed by atoms with Crippen molar-refractivity contribution in [1.82, 2.24) is 14.7 Å². The molecule has 0 radical (unpaired) electrons. The lowest BCUT2D eigenvalue weighted by atomic mass is 9.93. The topological polar surface area (TPSA) is 96.5 Å². The van der Waals surface area contributed by atoms with E-state index >= 15 is 0 Å². The molecular weight excluding hydrogens is 645 g/mol. The van der Waals surface area contributed by atoms with Crippen LogP contribution in [0.5, 0.6) is 0 Å². The molecule has 0 saturated carbocycles. The number of amides is 2. The molecule has 256 valence electrons. The summed E-state index contributed by atoms with van der Waals surface area (Å²) in [6.45, 7) is 1.37. The predicted molar refractivity (Wildman–Crippen MR) is 207 cm³/mol. The zero-order valence-corrected chi connectivity index (χ0v) is 28.6. The van der Waals surface area contributed by atoms with E-state index in [2.05, 4.69) is 29.6 Å². The normalized spacial score (nSPS) is 13.8. The summed E-state index contributed by atoms with van der Waals surface area (Å²) >= 11 is 0. The van der Waals surface area contributed by atoms with E-state index < -0.39 is 0 Å². The lowest BCUT2D eigenvalue weighted by Gasteiger charge is -2.37. The van der Waals surface area contributed by atoms with E-state index in [1.54, 1.807) is 9.58 Å². The molecule has 7 aromatic rings. The first kappa shape index (κ1) is 32.7. The van der Waals surface area contributed by atoms with Crippen molar-refractivity contribution in [3.63, 3.8) is 0 Å². The van der Waals surface area contributed by atoms with Gasteiger partial charge in [-0.25, -0.2) is 4.68 Å². The second kappa shape index (κ2) is 14.4. The highest BCUT2D eigenvalue weighted by Gasteiger charge is 2.32. The molecule has 2 heterocycles. The molecule has 0 bridgehead atoms. The molecule has 2 amide bonds. The van der Waals surface area contributed by atoms with E-state index in [1.165, 1.54) is 5.56 Å². The lowest BCUT2D eigenvalue weighted by molar-refractivity contribution is 0.0647. The number of aromatic nitrogens is 2. The highest BCUT2D eigenvalue weighted by Crippen LogP contribution is 2.33. The monoisotopic (exact) mass is 682 g/mol. The summed E-state index contributed by atoms with van der Waals surface area (Å²) in [5.41, 5.74) is 14.0. The van der Waals surface area contributed by atoms with Gasteiger partial charge in [0.1, 0.15) is 0 Å². The number of hydrogen-bond donors (Lipinski definition) is 2. The fraction of sp³-hybridized carbons (Fsp3) is 0.114. The Morgan fingerprint density at radius 2 is 1.35 bits per heavy atom. The first-order valence-electron chi connectivity index (χ1n) is 17.5. The standard InChI is InChI=1S/C44H38N6O2/c45-28-37-26-32-16-10-11-17-33(32)30-48(37)43(51)39-27-34(46-29-31-14-4-1-5-15-31)24-25-41(39)50-40-23-13-12-22-38(40)42(47-50)44(52)49(35-18-6-2-7-19-35)36-20-8-3-9-21-36/h1-25,27,37,46H,26,28-30,45H2/t37-/m0/s1. The van der Waals surface area contributed by atoms with Crippen LogP contribution in [0.3, 0.4) is 0 Å². The van der Waals surface area contributed by atoms with Crippen LogP contribution in [0, 0.1) is 0 Å². The number of nitrogens with zero attached hydrogens (tertiary/aromatic N) is 4. The molecule has 0 aliphatic carbocycles. The summed E-state index contributed by atoms with van der Waals surface area (Å²) < 4.78 is 1.74. The number of rotatable bonds is 9. The molecule has 8 heteroatoms. The van der Waals surface area contributed by atoms with Crippen LogP contribution >= 0.6 is 0 Å². The van der Waals surface area contributed by atoms with E-state index in [0.29, 0.717) is 48.2 Å². The molecule has 1 atom stereocenters. The number of benzene rings is 6. The maximum absolute atomic E-state index is 14.9. The van der Waals surface area contributed by atoms with Gasteiger partial charge >= 0.3 is 0 Å². The number of nitrogens with one attached hydrogen (secondary N) is 1. The van der Waals surface area contributed by atoms with E-state index in [0.717, 1.165) is 28.2 Å². The van der Waals surface area contributed by atoms with Gasteiger partial charge in [-0.3, -0.25) is 14.5 Å². The molecule has 8 nitrogen and oxygen atoms in total. The Kier molecular flexibility index (Phi) is 9.04. The van der Waals surface area contributed by atoms with Crippen molar-refractivity contribution in [2.75, 3.05) is 16.8 Å². The van der Waals surface area contributed by atoms with Crippen LogP contribution in [0.2, 0.25) is 0 Å². The summed E-state index contributed by atoms with van der Waals surface area (Å²) in [4.78, 5) is 33.1. The lowest BCUT2D eigenvalue weighted by Crippen LogP contribution is -2.48. The van der Waals surface area contributed by atoms with Crippen LogP contribution in [-0.2, 0) is 19.5 Å². The first-order valence-corrected chi connectivity index (χ1v) is 17.5. The number of carbonyl (C=O) groups is 2. The fourth-order valence-corrected chi connectivity index (χ4v) is 7.04. The van der Waals surface area contributed by atoms with Gasteiger partial charge < -0.3 is 16.0 Å². The smallest absolute Gasteiger partial charge is 0.283 e. The molecule has 1 aliphatic heterocycles. The van der Waals surface area contributed by atoms with Gasteiger partial charge in [-0.05, 0) is 71.6 Å². The quantitative estimate of drug-likeness (QED) is 0.160. The molecule has 1 aromatic heterocycles. The van der Waals surface area contributed by atoms with Gasteiger partial charge in [-0.15, -0.1) is 0 Å². The second-order valence-corrected chi connectivity index (χ2v) is 13.0. The molecule has 3 N–H and O–H groups in total. The van der Waals surface area contributed by atoms with E-state index in [9.17, 15) is 9.59 Å². The minimum atomic E-state index is -0.280. The number of carbonyl (C=O) groups excluding carboxylic acids is 2. The third-order valence-corrected chi connectivity index (χ3v) is 9.70. The Hall–Kier alpha value is -6.51. The molecule has 0 spiro atoms. The summed E-state index contributed by atoms with van der Waals surface area (Å²) in [5.74, 6) is -0.428. The summed E-state index contributed by atoms with van der Waals surface area (Å²) in [7, 11) is 0. The molecule has 8 rings (SSSR count). The van der Waals surface area contributed by atoms with E-state index in [-0.39, 0.29) is 23.6 Å². The Bertz CT molecular complexity index is 2320. The van der Waals surface area contributed by atoms with Crippen molar-refractivity contribution >= 4 is 39.8 Å². The third-order valence-electron chi connectivity index (χ3n) is 9.70. The highest BCUT2D eigenvalue weighted by atomic mass is 16.2. The SMILES string of the molecule is NC[C@@H]1Cc2ccccc2CN1C(=O)c1cc(NCc2ccccc2)ccc1-n1nc(C(=O)N(c2ccccc2)c2ccccc2)c2ccccc21. The molecule has 6 aromatic carbocycles. The summed E-state index contributed by atoms with van der Waals surface area (Å²) in [5, 5.41) is 9.21. The van der Waals surface area contributed by atoms with Crippen molar-refractivity contribution in [2.45, 2.75) is 25.6 Å². The molecule has 0 unspecified atom stereocenters. The van der Waals surface area contributed by atoms with Gasteiger partial charge in [0.25, 0.3) is 11.8 Å². The summed E-state index contributed by atoms with van der Waals surface area (Å²) in [6, 6.07) is 50.7. The molecular formula is C44H38N6O2. The number of hydrogen-bond acceptors (Lipinski definition) is 5. The van der Waals surface area contributed by atoms with Gasteiger partial charge in [0.15, 0.2) is 5.69 Å². The average molecular weight is 683 g/mol. The molecule has 0 saturated heterocycles. The van der Waals surface area contributed by atoms with Crippen molar-refractivity contribution in [1.29, 1.82) is 0 Å². The van der Waals surface area contributed by atoms with Gasteiger partial charge in [0.2, 0.25) is 0 Å². The highest BCUT2D eigenvalue weighted by molar-refractivity contribution is 6.16. The summed E-state index contributed by atoms with van der Waals surface area (Å²) in [6.07, 6.45) is 0.678.